The van der Waals surface area contributed by atoms with Crippen LogP contribution in [0.2, 0.25) is 0 Å². The number of aryl methyl sites for hydroxylation is 1. The van der Waals surface area contributed by atoms with Crippen molar-refractivity contribution in [1.82, 2.24) is 9.78 Å². The molecule has 1 aromatic carbocycles. The summed E-state index contributed by atoms with van der Waals surface area (Å²) in [5, 5.41) is 4.01. The molecule has 1 heterocycles. The van der Waals surface area contributed by atoms with Gasteiger partial charge in [-0.3, -0.25) is 4.68 Å². The molecular formula is C14H13FN2O2. The second kappa shape index (κ2) is 5.44. The monoisotopic (exact) mass is 260 g/mol. The van der Waals surface area contributed by atoms with E-state index in [1.54, 1.807) is 30.2 Å². The van der Waals surface area contributed by atoms with Crippen molar-refractivity contribution in [3.8, 4) is 23.3 Å². The topological polar surface area (TPSA) is 36.3 Å². The Bertz CT molecular complexity index is 653. The zero-order valence-electron chi connectivity index (χ0n) is 10.9. The molecule has 0 radical (unpaired) electrons. The van der Waals surface area contributed by atoms with E-state index >= 15 is 0 Å². The first-order valence-corrected chi connectivity index (χ1v) is 5.57. The van der Waals surface area contributed by atoms with Crippen molar-refractivity contribution in [2.45, 2.75) is 0 Å². The second-order valence-electron chi connectivity index (χ2n) is 3.82. The average molecular weight is 260 g/mol. The Balaban J connectivity index is 2.41. The lowest BCUT2D eigenvalue weighted by atomic mass is 10.1. The zero-order chi connectivity index (χ0) is 13.8. The Morgan fingerprint density at radius 2 is 2.00 bits per heavy atom. The first-order valence-electron chi connectivity index (χ1n) is 5.57. The van der Waals surface area contributed by atoms with Crippen molar-refractivity contribution in [3.63, 3.8) is 0 Å². The summed E-state index contributed by atoms with van der Waals surface area (Å²) in [6, 6.07) is 3.18. The normalized spacial score (nSPS) is 9.68. The highest BCUT2D eigenvalue weighted by Crippen LogP contribution is 2.29. The number of hydrogen-bond acceptors (Lipinski definition) is 3. The molecule has 1 aromatic heterocycles. The van der Waals surface area contributed by atoms with Gasteiger partial charge in [-0.25, -0.2) is 0 Å². The summed E-state index contributed by atoms with van der Waals surface area (Å²) in [5.41, 5.74) is 1.21. The Morgan fingerprint density at radius 1 is 1.21 bits per heavy atom. The number of methoxy groups -OCH3 is 2. The van der Waals surface area contributed by atoms with Crippen LogP contribution < -0.4 is 9.47 Å². The number of halogens is 1. The van der Waals surface area contributed by atoms with Gasteiger partial charge in [0.1, 0.15) is 0 Å². The fourth-order valence-corrected chi connectivity index (χ4v) is 1.62. The molecule has 0 fully saturated rings. The summed E-state index contributed by atoms with van der Waals surface area (Å²) < 4.78 is 25.5. The van der Waals surface area contributed by atoms with E-state index in [2.05, 4.69) is 16.9 Å². The lowest BCUT2D eigenvalue weighted by molar-refractivity contribution is 0.350. The van der Waals surface area contributed by atoms with Gasteiger partial charge < -0.3 is 9.47 Å². The van der Waals surface area contributed by atoms with Crippen molar-refractivity contribution in [1.29, 1.82) is 0 Å². The van der Waals surface area contributed by atoms with Gasteiger partial charge in [0.25, 0.3) is 0 Å². The lowest BCUT2D eigenvalue weighted by Gasteiger charge is -2.08. The second-order valence-corrected chi connectivity index (χ2v) is 3.82. The molecule has 0 N–H and O–H groups in total. The molecule has 2 rings (SSSR count). The van der Waals surface area contributed by atoms with Crippen molar-refractivity contribution < 1.29 is 13.9 Å². The van der Waals surface area contributed by atoms with Gasteiger partial charge in [0.05, 0.1) is 31.5 Å². The van der Waals surface area contributed by atoms with Crippen LogP contribution in [0.3, 0.4) is 0 Å². The van der Waals surface area contributed by atoms with Gasteiger partial charge in [-0.1, -0.05) is 11.8 Å². The third-order valence-corrected chi connectivity index (χ3v) is 2.53. The highest BCUT2D eigenvalue weighted by molar-refractivity contribution is 5.53. The molecule has 0 unspecified atom stereocenters. The van der Waals surface area contributed by atoms with Crippen LogP contribution in [-0.2, 0) is 7.05 Å². The molecule has 19 heavy (non-hydrogen) atoms. The summed E-state index contributed by atoms with van der Waals surface area (Å²) in [6.45, 7) is 0. The number of benzene rings is 1. The molecule has 98 valence electrons. The van der Waals surface area contributed by atoms with E-state index in [1.807, 2.05) is 0 Å². The van der Waals surface area contributed by atoms with E-state index in [0.29, 0.717) is 5.56 Å². The van der Waals surface area contributed by atoms with Crippen LogP contribution in [0, 0.1) is 17.7 Å². The summed E-state index contributed by atoms with van der Waals surface area (Å²) in [7, 11) is 4.60. The molecule has 0 aliphatic carbocycles. The molecule has 0 aliphatic heterocycles. The fourth-order valence-electron chi connectivity index (χ4n) is 1.62. The van der Waals surface area contributed by atoms with Crippen molar-refractivity contribution in [2.24, 2.45) is 7.05 Å². The largest absolute Gasteiger partial charge is 0.494 e. The third kappa shape index (κ3) is 2.68. The molecule has 0 atom stereocenters. The molecular weight excluding hydrogens is 247 g/mol. The van der Waals surface area contributed by atoms with Crippen LogP contribution in [0.15, 0.2) is 24.5 Å². The minimum atomic E-state index is -0.553. The maximum Gasteiger partial charge on any atom is 0.208 e. The number of hydrogen-bond donors (Lipinski definition) is 0. The highest BCUT2D eigenvalue weighted by atomic mass is 19.1. The average Bonchev–Trinajstić information content (AvgIpc) is 2.82. The number of nitrogens with zero attached hydrogens (tertiary/aromatic N) is 2. The summed E-state index contributed by atoms with van der Waals surface area (Å²) >= 11 is 0. The third-order valence-electron chi connectivity index (χ3n) is 2.53. The van der Waals surface area contributed by atoms with E-state index in [9.17, 15) is 4.39 Å². The molecule has 0 aliphatic rings. The highest BCUT2D eigenvalue weighted by Gasteiger charge is 2.13. The van der Waals surface area contributed by atoms with Crippen molar-refractivity contribution >= 4 is 0 Å². The number of aromatic nitrogens is 2. The van der Waals surface area contributed by atoms with E-state index in [0.717, 1.165) is 5.56 Å². The Kier molecular flexibility index (Phi) is 3.71. The Hall–Kier alpha value is -2.48. The van der Waals surface area contributed by atoms with E-state index in [4.69, 9.17) is 9.47 Å². The van der Waals surface area contributed by atoms with Crippen LogP contribution >= 0.6 is 0 Å². The molecule has 0 saturated carbocycles. The lowest BCUT2D eigenvalue weighted by Crippen LogP contribution is -1.96. The van der Waals surface area contributed by atoms with Gasteiger partial charge in [0, 0.05) is 13.2 Å². The van der Waals surface area contributed by atoms with Crippen LogP contribution in [-0.4, -0.2) is 24.0 Å². The summed E-state index contributed by atoms with van der Waals surface area (Å²) in [4.78, 5) is 0. The Morgan fingerprint density at radius 3 is 2.58 bits per heavy atom. The van der Waals surface area contributed by atoms with Crippen molar-refractivity contribution in [3.05, 3.63) is 41.5 Å². The summed E-state index contributed by atoms with van der Waals surface area (Å²) in [6.07, 6.45) is 3.42. The van der Waals surface area contributed by atoms with Gasteiger partial charge >= 0.3 is 0 Å². The van der Waals surface area contributed by atoms with Gasteiger partial charge in [-0.05, 0) is 12.1 Å². The first kappa shape index (κ1) is 13.0. The maximum atomic E-state index is 13.9. The first-order chi connectivity index (χ1) is 9.15. The fraction of sp³-hybridized carbons (Fsp3) is 0.214. The quantitative estimate of drug-likeness (QED) is 0.775. The standard InChI is InChI=1S/C14H13FN2O2/c1-17-9-10(8-16-17)4-5-11-6-7-12(18-2)13(15)14(11)19-3/h6-9H,1-3H3. The smallest absolute Gasteiger partial charge is 0.208 e. The van der Waals surface area contributed by atoms with E-state index < -0.39 is 5.82 Å². The van der Waals surface area contributed by atoms with Crippen LogP contribution in [0.4, 0.5) is 4.39 Å². The predicted molar refractivity (Wildman–Crippen MR) is 68.7 cm³/mol. The number of ether oxygens (including phenoxy) is 2. The van der Waals surface area contributed by atoms with Crippen molar-refractivity contribution in [2.75, 3.05) is 14.2 Å². The molecule has 2 aromatic rings. The molecule has 0 saturated heterocycles. The SMILES string of the molecule is COc1ccc(C#Cc2cnn(C)c2)c(OC)c1F. The zero-order valence-corrected chi connectivity index (χ0v) is 10.9. The van der Waals surface area contributed by atoms with E-state index in [1.165, 1.54) is 20.3 Å². The number of rotatable bonds is 2. The minimum absolute atomic E-state index is 0.0794. The molecule has 4 nitrogen and oxygen atoms in total. The maximum absolute atomic E-state index is 13.9. The minimum Gasteiger partial charge on any atom is -0.494 e. The van der Waals surface area contributed by atoms with Gasteiger partial charge in [-0.15, -0.1) is 0 Å². The molecule has 0 spiro atoms. The summed E-state index contributed by atoms with van der Waals surface area (Å²) in [5.74, 6) is 5.42. The Labute approximate surface area is 110 Å². The van der Waals surface area contributed by atoms with Crippen LogP contribution in [0.1, 0.15) is 11.1 Å². The van der Waals surface area contributed by atoms with Crippen LogP contribution in [0.5, 0.6) is 11.5 Å². The predicted octanol–water partition coefficient (Wildman–Crippen LogP) is 1.98. The van der Waals surface area contributed by atoms with Gasteiger partial charge in [0.2, 0.25) is 5.82 Å². The molecule has 0 amide bonds. The van der Waals surface area contributed by atoms with Crippen LogP contribution in [0.25, 0.3) is 0 Å². The van der Waals surface area contributed by atoms with E-state index in [-0.39, 0.29) is 11.5 Å². The molecule has 0 bridgehead atoms. The molecule has 5 heteroatoms. The van der Waals surface area contributed by atoms with Gasteiger partial charge in [-0.2, -0.15) is 9.49 Å². The van der Waals surface area contributed by atoms with Gasteiger partial charge in [0.15, 0.2) is 11.5 Å².